The van der Waals surface area contributed by atoms with Crippen LogP contribution in [-0.4, -0.2) is 10.1 Å². The summed E-state index contributed by atoms with van der Waals surface area (Å²) in [4.78, 5) is 5.70. The summed E-state index contributed by atoms with van der Waals surface area (Å²) in [6.45, 7) is 3.80. The molecule has 0 bridgehead atoms. The number of aliphatic hydroxyl groups excluding tert-OH is 1. The summed E-state index contributed by atoms with van der Waals surface area (Å²) < 4.78 is 0. The van der Waals surface area contributed by atoms with Crippen LogP contribution in [0.3, 0.4) is 0 Å². The van der Waals surface area contributed by atoms with Crippen LogP contribution >= 0.6 is 11.3 Å². The minimum absolute atomic E-state index is 0.502. The maximum Gasteiger partial charge on any atom is 0.122 e. The zero-order valence-electron chi connectivity index (χ0n) is 10.9. The number of hydrogen-bond acceptors (Lipinski definition) is 3. The van der Waals surface area contributed by atoms with Crippen LogP contribution in [0.5, 0.6) is 0 Å². The third kappa shape index (κ3) is 2.27. The van der Waals surface area contributed by atoms with Gasteiger partial charge in [-0.3, -0.25) is 0 Å². The predicted molar refractivity (Wildman–Crippen MR) is 80.4 cm³/mol. The average molecular weight is 269 g/mol. The average Bonchev–Trinajstić information content (AvgIpc) is 2.80. The molecular weight excluding hydrogens is 254 g/mol. The Labute approximate surface area is 116 Å². The van der Waals surface area contributed by atoms with E-state index in [9.17, 15) is 5.11 Å². The molecule has 0 spiro atoms. The molecule has 0 aliphatic rings. The minimum atomic E-state index is -0.502. The van der Waals surface area contributed by atoms with Gasteiger partial charge < -0.3 is 5.11 Å². The number of hydrogen-bond donors (Lipinski definition) is 1. The molecule has 1 heterocycles. The van der Waals surface area contributed by atoms with Gasteiger partial charge in [-0.05, 0) is 30.7 Å². The summed E-state index contributed by atoms with van der Waals surface area (Å²) in [6.07, 6.45) is -0.502. The summed E-state index contributed by atoms with van der Waals surface area (Å²) in [5.41, 5.74) is 2.09. The standard InChI is InChI=1S/C16H15NOS/c1-10(18)16-17-15(11(2)19-16)14-8-7-12-5-3-4-6-13(12)9-14/h3-10,18H,1-2H3. The molecule has 0 saturated carbocycles. The van der Waals surface area contributed by atoms with Gasteiger partial charge in [0, 0.05) is 10.4 Å². The van der Waals surface area contributed by atoms with E-state index in [4.69, 9.17) is 0 Å². The highest BCUT2D eigenvalue weighted by Gasteiger charge is 2.13. The van der Waals surface area contributed by atoms with E-state index < -0.39 is 6.10 Å². The molecule has 2 aromatic carbocycles. The van der Waals surface area contributed by atoms with Crippen molar-refractivity contribution < 1.29 is 5.11 Å². The first kappa shape index (κ1) is 12.3. The molecule has 0 saturated heterocycles. The Morgan fingerprint density at radius 1 is 1.11 bits per heavy atom. The molecule has 0 aliphatic carbocycles. The quantitative estimate of drug-likeness (QED) is 0.751. The van der Waals surface area contributed by atoms with Crippen molar-refractivity contribution in [2.24, 2.45) is 0 Å². The molecular formula is C16H15NOS. The Balaban J connectivity index is 2.13. The van der Waals surface area contributed by atoms with E-state index >= 15 is 0 Å². The lowest BCUT2D eigenvalue weighted by Gasteiger charge is -2.02. The number of thiazole rings is 1. The molecule has 96 valence electrons. The van der Waals surface area contributed by atoms with Gasteiger partial charge in [0.2, 0.25) is 0 Å². The van der Waals surface area contributed by atoms with Crippen LogP contribution in [0.15, 0.2) is 42.5 Å². The van der Waals surface area contributed by atoms with E-state index in [-0.39, 0.29) is 0 Å². The highest BCUT2D eigenvalue weighted by atomic mass is 32.1. The molecule has 3 rings (SSSR count). The lowest BCUT2D eigenvalue weighted by atomic mass is 10.0. The molecule has 3 heteroatoms. The van der Waals surface area contributed by atoms with Crippen LogP contribution in [0.25, 0.3) is 22.0 Å². The number of aromatic nitrogens is 1. The van der Waals surface area contributed by atoms with E-state index in [1.165, 1.54) is 10.8 Å². The summed E-state index contributed by atoms with van der Waals surface area (Å²) in [5.74, 6) is 0. The summed E-state index contributed by atoms with van der Waals surface area (Å²) in [5, 5.41) is 12.9. The molecule has 1 atom stereocenters. The van der Waals surface area contributed by atoms with Gasteiger partial charge in [0.25, 0.3) is 0 Å². The molecule has 0 radical (unpaired) electrons. The minimum Gasteiger partial charge on any atom is -0.386 e. The molecule has 2 nitrogen and oxygen atoms in total. The van der Waals surface area contributed by atoms with Gasteiger partial charge in [-0.25, -0.2) is 4.98 Å². The molecule has 19 heavy (non-hydrogen) atoms. The lowest BCUT2D eigenvalue weighted by Crippen LogP contribution is -1.89. The number of nitrogens with zero attached hydrogens (tertiary/aromatic N) is 1. The second-order valence-electron chi connectivity index (χ2n) is 4.69. The van der Waals surface area contributed by atoms with Crippen molar-refractivity contribution in [3.8, 4) is 11.3 Å². The first-order valence-corrected chi connectivity index (χ1v) is 7.11. The Kier molecular flexibility index (Phi) is 3.09. The van der Waals surface area contributed by atoms with Crippen molar-refractivity contribution in [1.29, 1.82) is 0 Å². The van der Waals surface area contributed by atoms with Gasteiger partial charge in [-0.2, -0.15) is 0 Å². The summed E-state index contributed by atoms with van der Waals surface area (Å²) in [7, 11) is 0. The number of aliphatic hydroxyl groups is 1. The van der Waals surface area contributed by atoms with Crippen molar-refractivity contribution >= 4 is 22.1 Å². The largest absolute Gasteiger partial charge is 0.386 e. The fraction of sp³-hybridized carbons (Fsp3) is 0.188. The van der Waals surface area contributed by atoms with Crippen molar-refractivity contribution in [3.63, 3.8) is 0 Å². The van der Waals surface area contributed by atoms with Gasteiger partial charge in [0.05, 0.1) is 5.69 Å². The number of benzene rings is 2. The second kappa shape index (κ2) is 4.76. The number of rotatable bonds is 2. The topological polar surface area (TPSA) is 33.1 Å². The van der Waals surface area contributed by atoms with Gasteiger partial charge in [-0.1, -0.05) is 36.4 Å². The maximum absolute atomic E-state index is 9.63. The first-order valence-electron chi connectivity index (χ1n) is 6.30. The molecule has 0 fully saturated rings. The zero-order valence-corrected chi connectivity index (χ0v) is 11.7. The second-order valence-corrected chi connectivity index (χ2v) is 5.93. The van der Waals surface area contributed by atoms with Crippen molar-refractivity contribution in [3.05, 3.63) is 52.3 Å². The van der Waals surface area contributed by atoms with Gasteiger partial charge >= 0.3 is 0 Å². The number of aryl methyl sites for hydroxylation is 1. The fourth-order valence-corrected chi connectivity index (χ4v) is 3.08. The van der Waals surface area contributed by atoms with Crippen molar-refractivity contribution in [1.82, 2.24) is 4.98 Å². The van der Waals surface area contributed by atoms with Crippen LogP contribution in [-0.2, 0) is 0 Å². The van der Waals surface area contributed by atoms with Crippen LogP contribution in [0, 0.1) is 6.92 Å². The molecule has 3 aromatic rings. The smallest absolute Gasteiger partial charge is 0.122 e. The lowest BCUT2D eigenvalue weighted by molar-refractivity contribution is 0.199. The van der Waals surface area contributed by atoms with E-state index in [1.807, 2.05) is 19.1 Å². The Bertz CT molecular complexity index is 730. The molecule has 1 N–H and O–H groups in total. The van der Waals surface area contributed by atoms with Crippen LogP contribution in [0.2, 0.25) is 0 Å². The number of fused-ring (bicyclic) bond motifs is 1. The van der Waals surface area contributed by atoms with Crippen LogP contribution in [0.4, 0.5) is 0 Å². The molecule has 0 amide bonds. The molecule has 1 unspecified atom stereocenters. The van der Waals surface area contributed by atoms with Crippen molar-refractivity contribution in [2.75, 3.05) is 0 Å². The van der Waals surface area contributed by atoms with E-state index in [0.29, 0.717) is 0 Å². The maximum atomic E-state index is 9.63. The fourth-order valence-electron chi connectivity index (χ4n) is 2.20. The summed E-state index contributed by atoms with van der Waals surface area (Å²) in [6, 6.07) is 14.7. The molecule has 0 aliphatic heterocycles. The van der Waals surface area contributed by atoms with E-state index in [0.717, 1.165) is 21.1 Å². The van der Waals surface area contributed by atoms with Gasteiger partial charge in [0.1, 0.15) is 11.1 Å². The van der Waals surface area contributed by atoms with Gasteiger partial charge in [0.15, 0.2) is 0 Å². The molecule has 1 aromatic heterocycles. The normalized spacial score (nSPS) is 12.8. The van der Waals surface area contributed by atoms with E-state index in [1.54, 1.807) is 18.3 Å². The SMILES string of the molecule is Cc1sc(C(C)O)nc1-c1ccc2ccccc2c1. The Hall–Kier alpha value is -1.71. The predicted octanol–water partition coefficient (Wildman–Crippen LogP) is 4.33. The first-order chi connectivity index (χ1) is 9.15. The third-order valence-electron chi connectivity index (χ3n) is 3.19. The Morgan fingerprint density at radius 2 is 1.84 bits per heavy atom. The van der Waals surface area contributed by atoms with Crippen LogP contribution in [0.1, 0.15) is 22.9 Å². The third-order valence-corrected chi connectivity index (χ3v) is 4.33. The Morgan fingerprint density at radius 3 is 2.53 bits per heavy atom. The van der Waals surface area contributed by atoms with Crippen LogP contribution < -0.4 is 0 Å². The monoisotopic (exact) mass is 269 g/mol. The summed E-state index contributed by atoms with van der Waals surface area (Å²) >= 11 is 1.56. The van der Waals surface area contributed by atoms with E-state index in [2.05, 4.69) is 35.3 Å². The highest BCUT2D eigenvalue weighted by molar-refractivity contribution is 7.12. The van der Waals surface area contributed by atoms with Crippen molar-refractivity contribution in [2.45, 2.75) is 20.0 Å². The highest BCUT2D eigenvalue weighted by Crippen LogP contribution is 2.31. The van der Waals surface area contributed by atoms with Gasteiger partial charge in [-0.15, -0.1) is 11.3 Å². The zero-order chi connectivity index (χ0) is 13.4.